The highest BCUT2D eigenvalue weighted by Crippen LogP contribution is 2.22. The van der Waals surface area contributed by atoms with Crippen LogP contribution >= 0.6 is 0 Å². The molecule has 2 heterocycles. The molecule has 3 aromatic rings. The number of nitrogens with zero attached hydrogens (tertiary/aromatic N) is 3. The quantitative estimate of drug-likeness (QED) is 0.712. The van der Waals surface area contributed by atoms with E-state index in [1.807, 2.05) is 51.1 Å². The molecule has 0 N–H and O–H groups in total. The van der Waals surface area contributed by atoms with Crippen LogP contribution in [-0.2, 0) is 17.8 Å². The number of oxazole rings is 1. The van der Waals surface area contributed by atoms with Crippen LogP contribution < -0.4 is 0 Å². The normalized spacial score (nSPS) is 10.9. The van der Waals surface area contributed by atoms with Crippen molar-refractivity contribution in [1.82, 2.24) is 15.0 Å². The SMILES string of the molecule is Cc1noc(C)c1CN(C)C(=O)Cc1nc(-c2ccccc2)oc1C. The number of hydrogen-bond acceptors (Lipinski definition) is 5. The number of rotatable bonds is 5. The van der Waals surface area contributed by atoms with Crippen LogP contribution in [0.4, 0.5) is 0 Å². The molecule has 0 aliphatic rings. The first-order valence-corrected chi connectivity index (χ1v) is 8.13. The maximum Gasteiger partial charge on any atom is 0.228 e. The van der Waals surface area contributed by atoms with Crippen molar-refractivity contribution in [3.63, 3.8) is 0 Å². The molecule has 0 bridgehead atoms. The molecule has 1 aromatic carbocycles. The lowest BCUT2D eigenvalue weighted by Gasteiger charge is -2.16. The summed E-state index contributed by atoms with van der Waals surface area (Å²) in [5.41, 5.74) is 3.31. The Morgan fingerprint density at radius 3 is 2.48 bits per heavy atom. The number of aryl methyl sites for hydroxylation is 3. The summed E-state index contributed by atoms with van der Waals surface area (Å²) in [5, 5.41) is 3.92. The molecule has 25 heavy (non-hydrogen) atoms. The van der Waals surface area contributed by atoms with E-state index < -0.39 is 0 Å². The summed E-state index contributed by atoms with van der Waals surface area (Å²) in [4.78, 5) is 18.7. The molecule has 2 aromatic heterocycles. The summed E-state index contributed by atoms with van der Waals surface area (Å²) in [7, 11) is 1.77. The van der Waals surface area contributed by atoms with E-state index in [9.17, 15) is 4.79 Å². The van der Waals surface area contributed by atoms with Gasteiger partial charge in [-0.15, -0.1) is 0 Å². The van der Waals surface area contributed by atoms with Crippen LogP contribution in [0.5, 0.6) is 0 Å². The Kier molecular flexibility index (Phi) is 4.70. The molecule has 0 fully saturated rings. The lowest BCUT2D eigenvalue weighted by molar-refractivity contribution is -0.129. The highest BCUT2D eigenvalue weighted by molar-refractivity contribution is 5.78. The van der Waals surface area contributed by atoms with Gasteiger partial charge >= 0.3 is 0 Å². The van der Waals surface area contributed by atoms with Crippen LogP contribution in [0.2, 0.25) is 0 Å². The Bertz CT molecular complexity index is 861. The van der Waals surface area contributed by atoms with Crippen LogP contribution in [0.1, 0.15) is 28.5 Å². The molecular formula is C19H21N3O3. The van der Waals surface area contributed by atoms with Crippen LogP contribution in [0, 0.1) is 20.8 Å². The Labute approximate surface area is 146 Å². The van der Waals surface area contributed by atoms with E-state index in [4.69, 9.17) is 8.94 Å². The van der Waals surface area contributed by atoms with Crippen molar-refractivity contribution in [3.05, 3.63) is 58.8 Å². The van der Waals surface area contributed by atoms with Crippen molar-refractivity contribution in [2.24, 2.45) is 0 Å². The third-order valence-corrected chi connectivity index (χ3v) is 4.23. The molecule has 0 spiro atoms. The number of hydrogen-bond donors (Lipinski definition) is 0. The van der Waals surface area contributed by atoms with E-state index in [2.05, 4.69) is 10.1 Å². The molecule has 6 nitrogen and oxygen atoms in total. The van der Waals surface area contributed by atoms with Crippen LogP contribution in [0.25, 0.3) is 11.5 Å². The molecule has 0 saturated heterocycles. The van der Waals surface area contributed by atoms with Crippen molar-refractivity contribution >= 4 is 5.91 Å². The molecule has 0 aliphatic carbocycles. The summed E-state index contributed by atoms with van der Waals surface area (Å²) in [6.45, 7) is 6.01. The van der Waals surface area contributed by atoms with Crippen molar-refractivity contribution in [2.75, 3.05) is 7.05 Å². The number of amides is 1. The summed E-state index contributed by atoms with van der Waals surface area (Å²) >= 11 is 0. The molecule has 0 unspecified atom stereocenters. The minimum absolute atomic E-state index is 0.0315. The molecule has 6 heteroatoms. The highest BCUT2D eigenvalue weighted by Gasteiger charge is 2.19. The van der Waals surface area contributed by atoms with Crippen LogP contribution in [0.3, 0.4) is 0 Å². The zero-order valence-corrected chi connectivity index (χ0v) is 14.9. The van der Waals surface area contributed by atoms with Gasteiger partial charge in [0.05, 0.1) is 24.4 Å². The van der Waals surface area contributed by atoms with Gasteiger partial charge in [-0.1, -0.05) is 23.4 Å². The Balaban J connectivity index is 1.72. The lowest BCUT2D eigenvalue weighted by Crippen LogP contribution is -2.28. The molecule has 0 saturated carbocycles. The van der Waals surface area contributed by atoms with Gasteiger partial charge in [0.2, 0.25) is 11.8 Å². The Morgan fingerprint density at radius 2 is 1.84 bits per heavy atom. The van der Waals surface area contributed by atoms with Crippen molar-refractivity contribution < 1.29 is 13.7 Å². The number of carbonyl (C=O) groups is 1. The maximum absolute atomic E-state index is 12.6. The van der Waals surface area contributed by atoms with Crippen molar-refractivity contribution in [2.45, 2.75) is 33.7 Å². The first-order chi connectivity index (χ1) is 12.0. The summed E-state index contributed by atoms with van der Waals surface area (Å²) in [6.07, 6.45) is 0.196. The van der Waals surface area contributed by atoms with E-state index in [0.717, 1.165) is 22.6 Å². The topological polar surface area (TPSA) is 72.4 Å². The molecule has 0 aliphatic heterocycles. The highest BCUT2D eigenvalue weighted by atomic mass is 16.5. The second-order valence-corrected chi connectivity index (χ2v) is 6.12. The van der Waals surface area contributed by atoms with Gasteiger partial charge in [0, 0.05) is 18.2 Å². The lowest BCUT2D eigenvalue weighted by atomic mass is 10.2. The van der Waals surface area contributed by atoms with Gasteiger partial charge < -0.3 is 13.8 Å². The first kappa shape index (κ1) is 17.0. The fourth-order valence-corrected chi connectivity index (χ4v) is 2.63. The maximum atomic E-state index is 12.6. The Hall–Kier alpha value is -2.89. The van der Waals surface area contributed by atoms with E-state index >= 15 is 0 Å². The van der Waals surface area contributed by atoms with Gasteiger partial charge in [0.25, 0.3) is 0 Å². The number of likely N-dealkylation sites (N-methyl/N-ethyl adjacent to an activating group) is 1. The molecule has 0 radical (unpaired) electrons. The first-order valence-electron chi connectivity index (χ1n) is 8.13. The van der Waals surface area contributed by atoms with Crippen LogP contribution in [0.15, 0.2) is 39.3 Å². The predicted molar refractivity (Wildman–Crippen MR) is 92.8 cm³/mol. The van der Waals surface area contributed by atoms with E-state index in [-0.39, 0.29) is 12.3 Å². The molecule has 0 atom stereocenters. The summed E-state index contributed by atoms with van der Waals surface area (Å²) in [5.74, 6) is 1.91. The molecule has 3 rings (SSSR count). The van der Waals surface area contributed by atoms with Crippen molar-refractivity contribution in [3.8, 4) is 11.5 Å². The monoisotopic (exact) mass is 339 g/mol. The fraction of sp³-hybridized carbons (Fsp3) is 0.316. The third-order valence-electron chi connectivity index (χ3n) is 4.23. The second kappa shape index (κ2) is 6.93. The number of aromatic nitrogens is 2. The summed E-state index contributed by atoms with van der Waals surface area (Å²) in [6, 6.07) is 9.66. The standard InChI is InChI=1S/C19H21N3O3/c1-12-16(13(2)25-21-12)11-22(4)18(23)10-17-14(3)24-19(20-17)15-8-6-5-7-9-15/h5-9H,10-11H2,1-4H3. The smallest absolute Gasteiger partial charge is 0.228 e. The molecular weight excluding hydrogens is 318 g/mol. The molecule has 1 amide bonds. The fourth-order valence-electron chi connectivity index (χ4n) is 2.63. The van der Waals surface area contributed by atoms with E-state index in [1.165, 1.54) is 0 Å². The van der Waals surface area contributed by atoms with Crippen molar-refractivity contribution in [1.29, 1.82) is 0 Å². The number of benzene rings is 1. The van der Waals surface area contributed by atoms with E-state index in [1.54, 1.807) is 11.9 Å². The zero-order valence-electron chi connectivity index (χ0n) is 14.9. The second-order valence-electron chi connectivity index (χ2n) is 6.12. The predicted octanol–water partition coefficient (Wildman–Crippen LogP) is 3.46. The summed E-state index contributed by atoms with van der Waals surface area (Å²) < 4.78 is 10.9. The number of carbonyl (C=O) groups excluding carboxylic acids is 1. The van der Waals surface area contributed by atoms with Crippen LogP contribution in [-0.4, -0.2) is 28.0 Å². The van der Waals surface area contributed by atoms with Gasteiger partial charge in [0.1, 0.15) is 11.5 Å². The van der Waals surface area contributed by atoms with Gasteiger partial charge in [-0.3, -0.25) is 4.79 Å². The average molecular weight is 339 g/mol. The largest absolute Gasteiger partial charge is 0.441 e. The van der Waals surface area contributed by atoms with E-state index in [0.29, 0.717) is 23.9 Å². The van der Waals surface area contributed by atoms with Gasteiger partial charge in [-0.2, -0.15) is 0 Å². The van der Waals surface area contributed by atoms with Gasteiger partial charge in [0.15, 0.2) is 0 Å². The third kappa shape index (κ3) is 3.63. The molecule has 130 valence electrons. The Morgan fingerprint density at radius 1 is 1.12 bits per heavy atom. The average Bonchev–Trinajstić information content (AvgIpc) is 3.12. The minimum Gasteiger partial charge on any atom is -0.441 e. The minimum atomic E-state index is -0.0315. The van der Waals surface area contributed by atoms with Gasteiger partial charge in [-0.05, 0) is 32.9 Å². The zero-order chi connectivity index (χ0) is 18.0. The van der Waals surface area contributed by atoms with Gasteiger partial charge in [-0.25, -0.2) is 4.98 Å².